The number of aromatic nitrogens is 5. The van der Waals surface area contributed by atoms with Gasteiger partial charge in [0.25, 0.3) is 0 Å². The van der Waals surface area contributed by atoms with E-state index in [-0.39, 0.29) is 11.8 Å². The summed E-state index contributed by atoms with van der Waals surface area (Å²) < 4.78 is 1.60. The lowest BCUT2D eigenvalue weighted by Crippen LogP contribution is -2.56. The van der Waals surface area contributed by atoms with Crippen molar-refractivity contribution in [2.75, 3.05) is 18.0 Å². The van der Waals surface area contributed by atoms with Crippen molar-refractivity contribution in [2.45, 2.75) is 38.6 Å². The van der Waals surface area contributed by atoms with Gasteiger partial charge in [-0.25, -0.2) is 19.6 Å². The largest absolute Gasteiger partial charge is 0.355 e. The summed E-state index contributed by atoms with van der Waals surface area (Å²) in [7, 11) is 0. The fourth-order valence-electron chi connectivity index (χ4n) is 3.62. The molecule has 1 aliphatic heterocycles. The number of hydrogen-bond acceptors (Lipinski definition) is 6. The van der Waals surface area contributed by atoms with Crippen LogP contribution in [-0.2, 0) is 4.79 Å². The van der Waals surface area contributed by atoms with Gasteiger partial charge in [0.2, 0.25) is 5.91 Å². The second kappa shape index (κ2) is 6.78. The summed E-state index contributed by atoms with van der Waals surface area (Å²) in [5.41, 5.74) is 0. The predicted octanol–water partition coefficient (Wildman–Crippen LogP) is 1.19. The van der Waals surface area contributed by atoms with Crippen LogP contribution >= 0.6 is 0 Å². The Hall–Kier alpha value is -2.51. The number of rotatable bonds is 4. The van der Waals surface area contributed by atoms with Crippen LogP contribution in [0.15, 0.2) is 25.0 Å². The number of carbonyl (C=O) groups excluding carboxylic acids is 1. The molecule has 0 spiro atoms. The molecule has 0 radical (unpaired) electrons. The molecule has 1 N–H and O–H groups in total. The number of carbonyl (C=O) groups is 1. The summed E-state index contributed by atoms with van der Waals surface area (Å²) in [5, 5.41) is 7.33. The third-order valence-electron chi connectivity index (χ3n) is 5.31. The lowest BCUT2D eigenvalue weighted by molar-refractivity contribution is -0.127. The average molecular weight is 341 g/mol. The van der Waals surface area contributed by atoms with Gasteiger partial charge in [-0.15, -0.1) is 0 Å². The van der Waals surface area contributed by atoms with Gasteiger partial charge >= 0.3 is 0 Å². The molecule has 0 unspecified atom stereocenters. The maximum Gasteiger partial charge on any atom is 0.226 e. The Morgan fingerprint density at radius 2 is 1.96 bits per heavy atom. The van der Waals surface area contributed by atoms with E-state index in [0.29, 0.717) is 30.9 Å². The van der Waals surface area contributed by atoms with E-state index in [2.05, 4.69) is 37.2 Å². The molecule has 4 rings (SSSR count). The van der Waals surface area contributed by atoms with Gasteiger partial charge in [0.15, 0.2) is 5.82 Å². The standard InChI is InChI=1S/C17H23N7O/c1-12-4-2-3-5-14(12)22-17(25)13-7-23(8-13)15-6-16(20-10-19-15)24-11-18-9-21-24/h6,9-14H,2-5,7-8H2,1H3,(H,22,25)/t12-,14-/m0/s1. The molecule has 1 amide bonds. The number of nitrogens with zero attached hydrogens (tertiary/aromatic N) is 6. The molecule has 3 heterocycles. The van der Waals surface area contributed by atoms with Gasteiger partial charge in [0.05, 0.1) is 5.92 Å². The minimum Gasteiger partial charge on any atom is -0.355 e. The summed E-state index contributed by atoms with van der Waals surface area (Å²) in [6.07, 6.45) is 9.42. The third kappa shape index (κ3) is 3.33. The van der Waals surface area contributed by atoms with E-state index in [4.69, 9.17) is 0 Å². The molecule has 2 fully saturated rings. The first-order chi connectivity index (χ1) is 12.2. The molecule has 2 aromatic rings. The molecule has 25 heavy (non-hydrogen) atoms. The Bertz CT molecular complexity index is 726. The van der Waals surface area contributed by atoms with E-state index < -0.39 is 0 Å². The van der Waals surface area contributed by atoms with Gasteiger partial charge in [-0.1, -0.05) is 19.8 Å². The lowest BCUT2D eigenvalue weighted by Gasteiger charge is -2.40. The molecule has 8 nitrogen and oxygen atoms in total. The molecule has 8 heteroatoms. The van der Waals surface area contributed by atoms with E-state index in [1.807, 2.05) is 6.07 Å². The molecular formula is C17H23N7O. The maximum atomic E-state index is 12.5. The van der Waals surface area contributed by atoms with Crippen molar-refractivity contribution in [1.29, 1.82) is 0 Å². The highest BCUT2D eigenvalue weighted by molar-refractivity contribution is 5.82. The van der Waals surface area contributed by atoms with Crippen LogP contribution in [0.1, 0.15) is 32.6 Å². The normalized spacial score (nSPS) is 24.0. The van der Waals surface area contributed by atoms with Crippen molar-refractivity contribution in [1.82, 2.24) is 30.0 Å². The first kappa shape index (κ1) is 16.0. The highest BCUT2D eigenvalue weighted by Gasteiger charge is 2.35. The molecule has 1 aliphatic carbocycles. The Morgan fingerprint density at radius 3 is 2.72 bits per heavy atom. The van der Waals surface area contributed by atoms with Crippen LogP contribution in [0, 0.1) is 11.8 Å². The van der Waals surface area contributed by atoms with Gasteiger partial charge in [-0.05, 0) is 18.8 Å². The molecule has 1 saturated carbocycles. The van der Waals surface area contributed by atoms with Crippen LogP contribution in [0.25, 0.3) is 5.82 Å². The molecular weight excluding hydrogens is 318 g/mol. The summed E-state index contributed by atoms with van der Waals surface area (Å²) >= 11 is 0. The molecule has 132 valence electrons. The molecule has 2 aliphatic rings. The van der Waals surface area contributed by atoms with E-state index in [0.717, 1.165) is 12.2 Å². The van der Waals surface area contributed by atoms with Gasteiger partial charge in [-0.3, -0.25) is 4.79 Å². The van der Waals surface area contributed by atoms with Gasteiger partial charge in [-0.2, -0.15) is 5.10 Å². The maximum absolute atomic E-state index is 12.5. The Labute approximate surface area is 146 Å². The number of nitrogens with one attached hydrogen (secondary N) is 1. The quantitative estimate of drug-likeness (QED) is 0.898. The van der Waals surface area contributed by atoms with Gasteiger partial charge in [0.1, 0.15) is 24.8 Å². The second-order valence-corrected chi connectivity index (χ2v) is 7.05. The summed E-state index contributed by atoms with van der Waals surface area (Å²) in [6.45, 7) is 3.63. The van der Waals surface area contributed by atoms with Crippen LogP contribution in [0.3, 0.4) is 0 Å². The monoisotopic (exact) mass is 341 g/mol. The zero-order valence-electron chi connectivity index (χ0n) is 14.4. The smallest absolute Gasteiger partial charge is 0.226 e. The van der Waals surface area contributed by atoms with Crippen LogP contribution in [0.5, 0.6) is 0 Å². The zero-order valence-corrected chi connectivity index (χ0v) is 14.4. The third-order valence-corrected chi connectivity index (χ3v) is 5.31. The van der Waals surface area contributed by atoms with E-state index in [1.54, 1.807) is 11.0 Å². The van der Waals surface area contributed by atoms with E-state index in [9.17, 15) is 4.79 Å². The summed E-state index contributed by atoms with van der Waals surface area (Å²) in [5.74, 6) is 2.29. The SMILES string of the molecule is C[C@H]1CCCC[C@@H]1NC(=O)C1CN(c2cc(-n3cncn3)ncn2)C1. The van der Waals surface area contributed by atoms with Gasteiger partial charge < -0.3 is 10.2 Å². The molecule has 1 saturated heterocycles. The Morgan fingerprint density at radius 1 is 1.16 bits per heavy atom. The number of hydrogen-bond donors (Lipinski definition) is 1. The fourth-order valence-corrected chi connectivity index (χ4v) is 3.62. The molecule has 0 bridgehead atoms. The first-order valence-electron chi connectivity index (χ1n) is 8.93. The van der Waals surface area contributed by atoms with Crippen molar-refractivity contribution in [3.05, 3.63) is 25.0 Å². The van der Waals surface area contributed by atoms with Crippen LogP contribution in [0.4, 0.5) is 5.82 Å². The van der Waals surface area contributed by atoms with Crippen molar-refractivity contribution < 1.29 is 4.79 Å². The fraction of sp³-hybridized carbons (Fsp3) is 0.588. The van der Waals surface area contributed by atoms with Crippen LogP contribution in [0.2, 0.25) is 0 Å². The molecule has 2 atom stereocenters. The van der Waals surface area contributed by atoms with Crippen LogP contribution in [-0.4, -0.2) is 49.8 Å². The minimum atomic E-state index is 0.0407. The van der Waals surface area contributed by atoms with Crippen molar-refractivity contribution in [2.24, 2.45) is 11.8 Å². The molecule has 0 aromatic carbocycles. The van der Waals surface area contributed by atoms with E-state index >= 15 is 0 Å². The Balaban J connectivity index is 1.34. The first-order valence-corrected chi connectivity index (χ1v) is 8.93. The van der Waals surface area contributed by atoms with Crippen LogP contribution < -0.4 is 10.2 Å². The second-order valence-electron chi connectivity index (χ2n) is 7.05. The van der Waals surface area contributed by atoms with E-state index in [1.165, 1.54) is 31.9 Å². The summed E-state index contributed by atoms with van der Waals surface area (Å²) in [4.78, 5) is 27.0. The highest BCUT2D eigenvalue weighted by Crippen LogP contribution is 2.26. The van der Waals surface area contributed by atoms with Crippen molar-refractivity contribution >= 4 is 11.7 Å². The topological polar surface area (TPSA) is 88.8 Å². The lowest BCUT2D eigenvalue weighted by atomic mass is 9.85. The zero-order chi connectivity index (χ0) is 17.2. The number of amides is 1. The van der Waals surface area contributed by atoms with Crippen molar-refractivity contribution in [3.63, 3.8) is 0 Å². The molecule has 2 aromatic heterocycles. The average Bonchev–Trinajstić information content (AvgIpc) is 3.10. The highest BCUT2D eigenvalue weighted by atomic mass is 16.2. The number of anilines is 1. The predicted molar refractivity (Wildman–Crippen MR) is 92.2 cm³/mol. The van der Waals surface area contributed by atoms with Gasteiger partial charge in [0, 0.05) is 25.2 Å². The summed E-state index contributed by atoms with van der Waals surface area (Å²) in [6, 6.07) is 2.21. The minimum absolute atomic E-state index is 0.0407. The Kier molecular flexibility index (Phi) is 4.33. The van der Waals surface area contributed by atoms with Crippen molar-refractivity contribution in [3.8, 4) is 5.82 Å².